The minimum atomic E-state index is -0.970. The quantitative estimate of drug-likeness (QED) is 0.836. The second-order valence-electron chi connectivity index (χ2n) is 3.41. The summed E-state index contributed by atoms with van der Waals surface area (Å²) in [5, 5.41) is 8.92. The number of hydrogen-bond donors (Lipinski definition) is 1. The lowest BCUT2D eigenvalue weighted by Crippen LogP contribution is -2.42. The third-order valence-electron chi connectivity index (χ3n) is 2.34. The van der Waals surface area contributed by atoms with E-state index < -0.39 is 12.0 Å². The molecule has 1 rings (SSSR count). The Kier molecular flexibility index (Phi) is 4.42. The summed E-state index contributed by atoms with van der Waals surface area (Å²) >= 11 is 1.39. The molecule has 0 aromatic carbocycles. The predicted molar refractivity (Wildman–Crippen MR) is 60.3 cm³/mol. The Morgan fingerprint density at radius 2 is 2.31 bits per heavy atom. The summed E-state index contributed by atoms with van der Waals surface area (Å²) in [7, 11) is 1.52. The van der Waals surface area contributed by atoms with Crippen molar-refractivity contribution in [1.29, 1.82) is 0 Å². The summed E-state index contributed by atoms with van der Waals surface area (Å²) in [5.41, 5.74) is 1.65. The number of amides is 1. The zero-order valence-corrected chi connectivity index (χ0v) is 10.0. The first-order chi connectivity index (χ1) is 7.56. The van der Waals surface area contributed by atoms with Gasteiger partial charge in [0, 0.05) is 18.1 Å². The minimum Gasteiger partial charge on any atom is -0.480 e. The van der Waals surface area contributed by atoms with Crippen molar-refractivity contribution < 1.29 is 14.7 Å². The Morgan fingerprint density at radius 1 is 1.62 bits per heavy atom. The van der Waals surface area contributed by atoms with Gasteiger partial charge in [0.1, 0.15) is 6.04 Å². The van der Waals surface area contributed by atoms with E-state index in [0.29, 0.717) is 6.42 Å². The third kappa shape index (κ3) is 3.03. The van der Waals surface area contributed by atoms with Crippen LogP contribution in [0.1, 0.15) is 18.2 Å². The van der Waals surface area contributed by atoms with E-state index in [2.05, 4.69) is 4.98 Å². The fourth-order valence-corrected chi connectivity index (χ4v) is 1.98. The normalized spacial score (nSPS) is 12.1. The number of carbonyl (C=O) groups is 2. The Morgan fingerprint density at radius 3 is 2.75 bits per heavy atom. The van der Waals surface area contributed by atoms with Crippen LogP contribution in [0.2, 0.25) is 0 Å². The first kappa shape index (κ1) is 12.6. The first-order valence-corrected chi connectivity index (χ1v) is 5.80. The molecule has 0 spiro atoms. The summed E-state index contributed by atoms with van der Waals surface area (Å²) in [6.45, 7) is 1.75. The Labute approximate surface area is 97.7 Å². The van der Waals surface area contributed by atoms with Gasteiger partial charge < -0.3 is 10.0 Å². The zero-order chi connectivity index (χ0) is 12.1. The summed E-state index contributed by atoms with van der Waals surface area (Å²) in [6.07, 6.45) is 2.24. The van der Waals surface area contributed by atoms with Gasteiger partial charge in [0.2, 0.25) is 5.91 Å². The van der Waals surface area contributed by atoms with Gasteiger partial charge in [-0.05, 0) is 6.42 Å². The van der Waals surface area contributed by atoms with Gasteiger partial charge in [0.15, 0.2) is 0 Å². The molecule has 1 atom stereocenters. The molecule has 0 fully saturated rings. The van der Waals surface area contributed by atoms with Crippen LogP contribution < -0.4 is 0 Å². The molecule has 1 amide bonds. The molecule has 0 aliphatic heterocycles. The van der Waals surface area contributed by atoms with Crippen LogP contribution in [-0.2, 0) is 16.0 Å². The molecular formula is C10H14N2O3S. The van der Waals surface area contributed by atoms with Crippen LogP contribution in [0.3, 0.4) is 0 Å². The Balaban J connectivity index is 2.62. The monoisotopic (exact) mass is 242 g/mol. The van der Waals surface area contributed by atoms with Crippen LogP contribution in [0.4, 0.5) is 0 Å². The van der Waals surface area contributed by atoms with Crippen molar-refractivity contribution in [3.8, 4) is 0 Å². The molecule has 0 saturated carbocycles. The summed E-state index contributed by atoms with van der Waals surface area (Å²) in [6, 6.07) is -0.750. The fourth-order valence-electron chi connectivity index (χ4n) is 1.39. The SMILES string of the molecule is CCC(C(=O)O)N(C)C(=O)Cc1cncs1. The maximum Gasteiger partial charge on any atom is 0.326 e. The molecule has 1 unspecified atom stereocenters. The van der Waals surface area contributed by atoms with Crippen molar-refractivity contribution in [2.24, 2.45) is 0 Å². The molecule has 1 aromatic rings. The first-order valence-electron chi connectivity index (χ1n) is 4.92. The number of likely N-dealkylation sites (N-methyl/N-ethyl adjacent to an activating group) is 1. The molecule has 0 bridgehead atoms. The molecule has 0 saturated heterocycles. The summed E-state index contributed by atoms with van der Waals surface area (Å²) < 4.78 is 0. The lowest BCUT2D eigenvalue weighted by Gasteiger charge is -2.23. The topological polar surface area (TPSA) is 70.5 Å². The molecule has 0 aliphatic carbocycles. The van der Waals surface area contributed by atoms with Gasteiger partial charge in [-0.15, -0.1) is 11.3 Å². The molecule has 0 aliphatic rings. The second-order valence-corrected chi connectivity index (χ2v) is 4.38. The number of carboxylic acid groups (broad SMARTS) is 1. The van der Waals surface area contributed by atoms with Crippen LogP contribution in [0.15, 0.2) is 11.7 Å². The number of aliphatic carboxylic acids is 1. The molecule has 1 aromatic heterocycles. The van der Waals surface area contributed by atoms with E-state index in [9.17, 15) is 9.59 Å². The number of aromatic nitrogens is 1. The van der Waals surface area contributed by atoms with Gasteiger partial charge in [-0.3, -0.25) is 9.78 Å². The molecule has 1 N–H and O–H groups in total. The maximum absolute atomic E-state index is 11.8. The Hall–Kier alpha value is -1.43. The molecule has 88 valence electrons. The van der Waals surface area contributed by atoms with Gasteiger partial charge in [-0.2, -0.15) is 0 Å². The number of rotatable bonds is 5. The van der Waals surface area contributed by atoms with Gasteiger partial charge >= 0.3 is 5.97 Å². The smallest absolute Gasteiger partial charge is 0.326 e. The van der Waals surface area contributed by atoms with Crippen molar-refractivity contribution in [2.75, 3.05) is 7.05 Å². The van der Waals surface area contributed by atoms with Gasteiger partial charge in [0.05, 0.1) is 11.9 Å². The van der Waals surface area contributed by atoms with E-state index in [1.165, 1.54) is 23.3 Å². The number of thiazole rings is 1. The van der Waals surface area contributed by atoms with Crippen LogP contribution >= 0.6 is 11.3 Å². The van der Waals surface area contributed by atoms with E-state index in [0.717, 1.165) is 4.88 Å². The number of carboxylic acids is 1. The third-order valence-corrected chi connectivity index (χ3v) is 3.12. The largest absolute Gasteiger partial charge is 0.480 e. The number of nitrogens with zero attached hydrogens (tertiary/aromatic N) is 2. The van der Waals surface area contributed by atoms with Crippen molar-refractivity contribution in [3.63, 3.8) is 0 Å². The van der Waals surface area contributed by atoms with Crippen molar-refractivity contribution >= 4 is 23.2 Å². The average molecular weight is 242 g/mol. The Bertz CT molecular complexity index is 364. The van der Waals surface area contributed by atoms with Crippen molar-refractivity contribution in [2.45, 2.75) is 25.8 Å². The summed E-state index contributed by atoms with van der Waals surface area (Å²) in [5.74, 6) is -1.17. The standard InChI is InChI=1S/C10H14N2O3S/c1-3-8(10(14)15)12(2)9(13)4-7-5-11-6-16-7/h5-6,8H,3-4H2,1-2H3,(H,14,15). The van der Waals surface area contributed by atoms with Gasteiger partial charge in [-0.25, -0.2) is 4.79 Å². The molecular weight excluding hydrogens is 228 g/mol. The lowest BCUT2D eigenvalue weighted by molar-refractivity contribution is -0.148. The van der Waals surface area contributed by atoms with Crippen LogP contribution in [-0.4, -0.2) is 40.0 Å². The number of hydrogen-bond acceptors (Lipinski definition) is 4. The summed E-state index contributed by atoms with van der Waals surface area (Å²) in [4.78, 5) is 28.6. The van der Waals surface area contributed by atoms with Crippen molar-refractivity contribution in [1.82, 2.24) is 9.88 Å². The van der Waals surface area contributed by atoms with Crippen LogP contribution in [0.25, 0.3) is 0 Å². The van der Waals surface area contributed by atoms with E-state index >= 15 is 0 Å². The van der Waals surface area contributed by atoms with E-state index in [1.54, 1.807) is 18.6 Å². The highest BCUT2D eigenvalue weighted by atomic mass is 32.1. The van der Waals surface area contributed by atoms with E-state index in [1.807, 2.05) is 0 Å². The average Bonchev–Trinajstić information content (AvgIpc) is 2.70. The molecule has 6 heteroatoms. The second kappa shape index (κ2) is 5.60. The van der Waals surface area contributed by atoms with Crippen LogP contribution in [0, 0.1) is 0 Å². The molecule has 1 heterocycles. The number of carbonyl (C=O) groups excluding carboxylic acids is 1. The fraction of sp³-hybridized carbons (Fsp3) is 0.500. The lowest BCUT2D eigenvalue weighted by atomic mass is 10.2. The minimum absolute atomic E-state index is 0.196. The zero-order valence-electron chi connectivity index (χ0n) is 9.21. The van der Waals surface area contributed by atoms with Crippen LogP contribution in [0.5, 0.6) is 0 Å². The molecule has 5 nitrogen and oxygen atoms in total. The van der Waals surface area contributed by atoms with E-state index in [-0.39, 0.29) is 12.3 Å². The van der Waals surface area contributed by atoms with Gasteiger partial charge in [-0.1, -0.05) is 6.92 Å². The maximum atomic E-state index is 11.8. The highest BCUT2D eigenvalue weighted by Gasteiger charge is 2.24. The van der Waals surface area contributed by atoms with E-state index in [4.69, 9.17) is 5.11 Å². The molecule has 16 heavy (non-hydrogen) atoms. The molecule has 0 radical (unpaired) electrons. The highest BCUT2D eigenvalue weighted by molar-refractivity contribution is 7.09. The van der Waals surface area contributed by atoms with Gasteiger partial charge in [0.25, 0.3) is 0 Å². The van der Waals surface area contributed by atoms with Crippen molar-refractivity contribution in [3.05, 3.63) is 16.6 Å². The highest BCUT2D eigenvalue weighted by Crippen LogP contribution is 2.10. The predicted octanol–water partition coefficient (Wildman–Crippen LogP) is 1.01.